The summed E-state index contributed by atoms with van der Waals surface area (Å²) in [5.41, 5.74) is 0. The molecule has 1 atom stereocenters. The van der Waals surface area contributed by atoms with Gasteiger partial charge in [-0.25, -0.2) is 0 Å². The lowest BCUT2D eigenvalue weighted by Gasteiger charge is -2.10. The standard InChI is InChI=1S/C4H5F3O3S/c5-4(6,7)3-1-2-10-11(3,8)9/h3H,1-2H2. The van der Waals surface area contributed by atoms with Gasteiger partial charge in [0.1, 0.15) is 0 Å². The van der Waals surface area contributed by atoms with E-state index in [1.807, 2.05) is 0 Å². The second-order valence-electron chi connectivity index (χ2n) is 2.13. The Bertz CT molecular complexity index is 242. The van der Waals surface area contributed by atoms with Gasteiger partial charge in [0.2, 0.25) is 0 Å². The van der Waals surface area contributed by atoms with Crippen LogP contribution in [0.5, 0.6) is 0 Å². The van der Waals surface area contributed by atoms with Crippen LogP contribution in [0.1, 0.15) is 6.42 Å². The number of hydrogen-bond donors (Lipinski definition) is 0. The highest BCUT2D eigenvalue weighted by molar-refractivity contribution is 7.87. The van der Waals surface area contributed by atoms with E-state index in [9.17, 15) is 21.6 Å². The molecule has 1 heterocycles. The first-order valence-corrected chi connectivity index (χ1v) is 4.26. The Hall–Kier alpha value is -0.300. The number of rotatable bonds is 0. The largest absolute Gasteiger partial charge is 0.407 e. The molecular weight excluding hydrogens is 185 g/mol. The molecule has 1 aliphatic rings. The van der Waals surface area contributed by atoms with E-state index < -0.39 is 28.0 Å². The van der Waals surface area contributed by atoms with Crippen molar-refractivity contribution in [3.05, 3.63) is 0 Å². The molecule has 1 aliphatic heterocycles. The van der Waals surface area contributed by atoms with Crippen molar-refractivity contribution in [2.45, 2.75) is 17.8 Å². The summed E-state index contributed by atoms with van der Waals surface area (Å²) in [7, 11) is -4.37. The second kappa shape index (κ2) is 2.34. The Balaban J connectivity index is 2.91. The SMILES string of the molecule is O=S1(=O)OCCC1C(F)(F)F. The molecule has 0 N–H and O–H groups in total. The van der Waals surface area contributed by atoms with Gasteiger partial charge in [0.15, 0.2) is 5.25 Å². The Kier molecular flexibility index (Phi) is 1.87. The van der Waals surface area contributed by atoms with E-state index in [-0.39, 0.29) is 6.61 Å². The molecule has 0 aromatic carbocycles. The molecule has 0 aromatic heterocycles. The Morgan fingerprint density at radius 2 is 1.91 bits per heavy atom. The normalized spacial score (nSPS) is 30.6. The van der Waals surface area contributed by atoms with Crippen molar-refractivity contribution in [2.75, 3.05) is 6.61 Å². The number of alkyl halides is 3. The molecule has 0 radical (unpaired) electrons. The molecule has 0 aromatic rings. The van der Waals surface area contributed by atoms with Crippen molar-refractivity contribution >= 4 is 10.1 Å². The van der Waals surface area contributed by atoms with Gasteiger partial charge in [-0.2, -0.15) is 21.6 Å². The van der Waals surface area contributed by atoms with Crippen molar-refractivity contribution in [3.63, 3.8) is 0 Å². The van der Waals surface area contributed by atoms with Crippen LogP contribution >= 0.6 is 0 Å². The van der Waals surface area contributed by atoms with Crippen LogP contribution in [-0.4, -0.2) is 26.5 Å². The van der Waals surface area contributed by atoms with Crippen LogP contribution in [0.2, 0.25) is 0 Å². The number of halogens is 3. The summed E-state index contributed by atoms with van der Waals surface area (Å²) in [5.74, 6) is 0. The van der Waals surface area contributed by atoms with Gasteiger partial charge in [-0.3, -0.25) is 4.18 Å². The minimum atomic E-state index is -4.70. The molecule has 11 heavy (non-hydrogen) atoms. The summed E-state index contributed by atoms with van der Waals surface area (Å²) < 4.78 is 60.3. The molecule has 0 spiro atoms. The van der Waals surface area contributed by atoms with E-state index in [0.29, 0.717) is 0 Å². The molecule has 1 fully saturated rings. The fourth-order valence-electron chi connectivity index (χ4n) is 0.825. The summed E-state index contributed by atoms with van der Waals surface area (Å²) in [6, 6.07) is 0. The van der Waals surface area contributed by atoms with Gasteiger partial charge in [-0.1, -0.05) is 0 Å². The van der Waals surface area contributed by atoms with Crippen molar-refractivity contribution in [3.8, 4) is 0 Å². The molecule has 1 saturated heterocycles. The smallest absolute Gasteiger partial charge is 0.270 e. The van der Waals surface area contributed by atoms with Crippen LogP contribution in [0.25, 0.3) is 0 Å². The molecule has 1 unspecified atom stereocenters. The lowest BCUT2D eigenvalue weighted by Crippen LogP contribution is -2.32. The molecule has 66 valence electrons. The minimum absolute atomic E-state index is 0.369. The van der Waals surface area contributed by atoms with Crippen LogP contribution < -0.4 is 0 Å². The zero-order valence-corrected chi connectivity index (χ0v) is 6.07. The van der Waals surface area contributed by atoms with Crippen molar-refractivity contribution in [2.24, 2.45) is 0 Å². The van der Waals surface area contributed by atoms with E-state index in [2.05, 4.69) is 4.18 Å². The van der Waals surface area contributed by atoms with Gasteiger partial charge in [-0.05, 0) is 0 Å². The summed E-state index contributed by atoms with van der Waals surface area (Å²) in [5, 5.41) is -2.32. The van der Waals surface area contributed by atoms with Gasteiger partial charge in [-0.15, -0.1) is 0 Å². The Morgan fingerprint density at radius 1 is 1.36 bits per heavy atom. The lowest BCUT2D eigenvalue weighted by atomic mass is 10.3. The van der Waals surface area contributed by atoms with Crippen LogP contribution in [-0.2, 0) is 14.3 Å². The van der Waals surface area contributed by atoms with Crippen LogP contribution in [0.4, 0.5) is 13.2 Å². The predicted molar refractivity (Wildman–Crippen MR) is 29.3 cm³/mol. The zero-order chi connectivity index (χ0) is 8.70. The zero-order valence-electron chi connectivity index (χ0n) is 5.26. The maximum absolute atomic E-state index is 11.8. The van der Waals surface area contributed by atoms with Gasteiger partial charge in [0, 0.05) is 6.42 Å². The van der Waals surface area contributed by atoms with Crippen LogP contribution in [0.15, 0.2) is 0 Å². The maximum atomic E-state index is 11.8. The summed E-state index contributed by atoms with van der Waals surface area (Å²) in [6.45, 7) is -0.369. The average molecular weight is 190 g/mol. The third-order valence-electron chi connectivity index (χ3n) is 1.34. The molecule has 7 heteroatoms. The van der Waals surface area contributed by atoms with E-state index >= 15 is 0 Å². The van der Waals surface area contributed by atoms with Gasteiger partial charge in [0.05, 0.1) is 6.61 Å². The van der Waals surface area contributed by atoms with Crippen LogP contribution in [0.3, 0.4) is 0 Å². The van der Waals surface area contributed by atoms with Gasteiger partial charge < -0.3 is 0 Å². The third kappa shape index (κ3) is 1.64. The molecule has 3 nitrogen and oxygen atoms in total. The molecule has 0 saturated carbocycles. The quantitative estimate of drug-likeness (QED) is 0.527. The van der Waals surface area contributed by atoms with Gasteiger partial charge >= 0.3 is 6.18 Å². The van der Waals surface area contributed by atoms with Crippen molar-refractivity contribution < 1.29 is 25.8 Å². The number of hydrogen-bond acceptors (Lipinski definition) is 3. The van der Waals surface area contributed by atoms with E-state index in [4.69, 9.17) is 0 Å². The van der Waals surface area contributed by atoms with E-state index in [1.165, 1.54) is 0 Å². The predicted octanol–water partition coefficient (Wildman–Crippen LogP) is 0.667. The molecule has 1 rings (SSSR count). The topological polar surface area (TPSA) is 43.4 Å². The highest BCUT2D eigenvalue weighted by atomic mass is 32.2. The van der Waals surface area contributed by atoms with E-state index in [1.54, 1.807) is 0 Å². The first-order chi connectivity index (χ1) is 4.84. The highest BCUT2D eigenvalue weighted by Gasteiger charge is 2.52. The summed E-state index contributed by atoms with van der Waals surface area (Å²) in [6.07, 6.45) is -5.19. The fraction of sp³-hybridized carbons (Fsp3) is 1.00. The first-order valence-electron chi connectivity index (χ1n) is 2.79. The Morgan fingerprint density at radius 3 is 2.09 bits per heavy atom. The Labute approximate surface area is 61.3 Å². The highest BCUT2D eigenvalue weighted by Crippen LogP contribution is 2.33. The second-order valence-corrected chi connectivity index (χ2v) is 3.92. The minimum Gasteiger partial charge on any atom is -0.270 e. The summed E-state index contributed by atoms with van der Waals surface area (Å²) >= 11 is 0. The van der Waals surface area contributed by atoms with Crippen molar-refractivity contribution in [1.82, 2.24) is 0 Å². The first kappa shape index (κ1) is 8.79. The fourth-order valence-corrected chi connectivity index (χ4v) is 2.03. The maximum Gasteiger partial charge on any atom is 0.407 e. The summed E-state index contributed by atoms with van der Waals surface area (Å²) in [4.78, 5) is 0. The van der Waals surface area contributed by atoms with Gasteiger partial charge in [0.25, 0.3) is 10.1 Å². The van der Waals surface area contributed by atoms with Crippen LogP contribution in [0, 0.1) is 0 Å². The van der Waals surface area contributed by atoms with E-state index in [0.717, 1.165) is 0 Å². The molecule has 0 bridgehead atoms. The van der Waals surface area contributed by atoms with Crippen molar-refractivity contribution in [1.29, 1.82) is 0 Å². The lowest BCUT2D eigenvalue weighted by molar-refractivity contribution is -0.129. The molecule has 0 amide bonds. The molecule has 0 aliphatic carbocycles. The average Bonchev–Trinajstić information content (AvgIpc) is 2.06. The third-order valence-corrected chi connectivity index (χ3v) is 3.04. The molecular formula is C4H5F3O3S. The monoisotopic (exact) mass is 190 g/mol.